The van der Waals surface area contributed by atoms with Crippen LogP contribution in [0.15, 0.2) is 30.3 Å². The van der Waals surface area contributed by atoms with Gasteiger partial charge in [-0.3, -0.25) is 9.59 Å². The fourth-order valence-corrected chi connectivity index (χ4v) is 2.98. The van der Waals surface area contributed by atoms with Crippen LogP contribution in [-0.2, 0) is 20.7 Å². The highest BCUT2D eigenvalue weighted by Gasteiger charge is 2.30. The summed E-state index contributed by atoms with van der Waals surface area (Å²) in [5, 5.41) is 2.96. The molecule has 1 aromatic carbocycles. The van der Waals surface area contributed by atoms with Gasteiger partial charge in [0.2, 0.25) is 11.8 Å². The Morgan fingerprint density at radius 3 is 2.72 bits per heavy atom. The van der Waals surface area contributed by atoms with Gasteiger partial charge in [-0.05, 0) is 38.7 Å². The minimum Gasteiger partial charge on any atom is -0.377 e. The molecular formula is C20H30N2O3. The Balaban J connectivity index is 1.79. The van der Waals surface area contributed by atoms with Gasteiger partial charge in [0.25, 0.3) is 0 Å². The zero-order chi connectivity index (χ0) is 18.3. The zero-order valence-electron chi connectivity index (χ0n) is 15.6. The molecule has 1 N–H and O–H groups in total. The van der Waals surface area contributed by atoms with E-state index < -0.39 is 0 Å². The maximum atomic E-state index is 12.4. The summed E-state index contributed by atoms with van der Waals surface area (Å²) in [6.45, 7) is 5.58. The van der Waals surface area contributed by atoms with Gasteiger partial charge in [-0.2, -0.15) is 0 Å². The molecule has 0 radical (unpaired) electrons. The van der Waals surface area contributed by atoms with Crippen LogP contribution in [0, 0.1) is 5.92 Å². The number of ether oxygens (including phenoxy) is 1. The molecule has 1 aliphatic rings. The lowest BCUT2D eigenvalue weighted by Gasteiger charge is -2.33. The van der Waals surface area contributed by atoms with E-state index in [0.29, 0.717) is 32.5 Å². The maximum absolute atomic E-state index is 12.4. The minimum absolute atomic E-state index is 0.0192. The number of amides is 2. The van der Waals surface area contributed by atoms with Gasteiger partial charge in [-0.1, -0.05) is 30.3 Å². The second-order valence-electron chi connectivity index (χ2n) is 7.35. The van der Waals surface area contributed by atoms with E-state index in [-0.39, 0.29) is 23.3 Å². The first kappa shape index (κ1) is 19.4. The van der Waals surface area contributed by atoms with Crippen LogP contribution in [0.5, 0.6) is 0 Å². The van der Waals surface area contributed by atoms with Crippen molar-refractivity contribution in [2.75, 3.05) is 26.7 Å². The molecule has 2 amide bonds. The van der Waals surface area contributed by atoms with Crippen LogP contribution in [0.3, 0.4) is 0 Å². The Morgan fingerprint density at radius 2 is 2.04 bits per heavy atom. The summed E-state index contributed by atoms with van der Waals surface area (Å²) in [6, 6.07) is 10.3. The van der Waals surface area contributed by atoms with E-state index >= 15 is 0 Å². The summed E-state index contributed by atoms with van der Waals surface area (Å²) in [7, 11) is 1.64. The van der Waals surface area contributed by atoms with Crippen molar-refractivity contribution in [2.24, 2.45) is 5.92 Å². The third-order valence-corrected chi connectivity index (χ3v) is 4.85. The molecule has 25 heavy (non-hydrogen) atoms. The van der Waals surface area contributed by atoms with Crippen LogP contribution in [0.1, 0.15) is 38.7 Å². The average Bonchev–Trinajstić information content (AvgIpc) is 2.62. The number of hydrogen-bond donors (Lipinski definition) is 1. The highest BCUT2D eigenvalue weighted by atomic mass is 16.5. The van der Waals surface area contributed by atoms with Gasteiger partial charge < -0.3 is 15.0 Å². The second-order valence-corrected chi connectivity index (χ2v) is 7.35. The van der Waals surface area contributed by atoms with Gasteiger partial charge in [-0.15, -0.1) is 0 Å². The molecular weight excluding hydrogens is 316 g/mol. The molecule has 0 saturated carbocycles. The maximum Gasteiger partial charge on any atom is 0.225 e. The minimum atomic E-state index is -0.379. The van der Waals surface area contributed by atoms with Crippen LogP contribution in [0.2, 0.25) is 0 Å². The lowest BCUT2D eigenvalue weighted by molar-refractivity contribution is -0.138. The Bertz CT molecular complexity index is 572. The van der Waals surface area contributed by atoms with Crippen LogP contribution in [0.4, 0.5) is 0 Å². The first-order valence-electron chi connectivity index (χ1n) is 9.06. The summed E-state index contributed by atoms with van der Waals surface area (Å²) in [5.74, 6) is 0.0575. The summed E-state index contributed by atoms with van der Waals surface area (Å²) < 4.78 is 5.33. The van der Waals surface area contributed by atoms with Gasteiger partial charge in [0.15, 0.2) is 0 Å². The van der Waals surface area contributed by atoms with Crippen molar-refractivity contribution in [3.05, 3.63) is 35.9 Å². The predicted octanol–water partition coefficient (Wildman–Crippen LogP) is 2.40. The molecule has 0 spiro atoms. The number of rotatable bonds is 8. The SMILES string of the molecule is COC(C)(C)CNC(=O)[C@@H]1CCC(=O)N(CCCc2ccccc2)C1. The van der Waals surface area contributed by atoms with Gasteiger partial charge in [0.1, 0.15) is 0 Å². The Morgan fingerprint density at radius 1 is 1.32 bits per heavy atom. The molecule has 138 valence electrons. The van der Waals surface area contributed by atoms with Crippen molar-refractivity contribution in [2.45, 2.75) is 45.1 Å². The topological polar surface area (TPSA) is 58.6 Å². The van der Waals surface area contributed by atoms with E-state index in [1.54, 1.807) is 7.11 Å². The summed E-state index contributed by atoms with van der Waals surface area (Å²) in [6.07, 6.45) is 2.95. The lowest BCUT2D eigenvalue weighted by Crippen LogP contribution is -2.48. The Kier molecular flexibility index (Phi) is 7.00. The predicted molar refractivity (Wildman–Crippen MR) is 98.2 cm³/mol. The van der Waals surface area contributed by atoms with E-state index in [1.807, 2.05) is 36.9 Å². The molecule has 0 aliphatic carbocycles. The number of carbonyl (C=O) groups excluding carboxylic acids is 2. The molecule has 1 heterocycles. The first-order chi connectivity index (χ1) is 11.9. The lowest BCUT2D eigenvalue weighted by atomic mass is 9.95. The number of likely N-dealkylation sites (tertiary alicyclic amines) is 1. The third kappa shape index (κ3) is 6.16. The summed E-state index contributed by atoms with van der Waals surface area (Å²) >= 11 is 0. The van der Waals surface area contributed by atoms with E-state index in [2.05, 4.69) is 17.4 Å². The number of benzene rings is 1. The zero-order valence-corrected chi connectivity index (χ0v) is 15.6. The highest BCUT2D eigenvalue weighted by Crippen LogP contribution is 2.19. The van der Waals surface area contributed by atoms with Crippen molar-refractivity contribution >= 4 is 11.8 Å². The number of hydrogen-bond acceptors (Lipinski definition) is 3. The monoisotopic (exact) mass is 346 g/mol. The standard InChI is InChI=1S/C20H30N2O3/c1-20(2,25-3)15-21-19(24)17-11-12-18(23)22(14-17)13-7-10-16-8-5-4-6-9-16/h4-6,8-9,17H,7,10-15H2,1-3H3,(H,21,24)/t17-/m1/s1. The summed E-state index contributed by atoms with van der Waals surface area (Å²) in [4.78, 5) is 26.4. The van der Waals surface area contributed by atoms with Gasteiger partial charge in [0.05, 0.1) is 11.5 Å². The van der Waals surface area contributed by atoms with Crippen LogP contribution < -0.4 is 5.32 Å². The summed E-state index contributed by atoms with van der Waals surface area (Å²) in [5.41, 5.74) is 0.901. The number of aryl methyl sites for hydroxylation is 1. The highest BCUT2D eigenvalue weighted by molar-refractivity contribution is 5.83. The molecule has 0 bridgehead atoms. The Hall–Kier alpha value is -1.88. The number of nitrogens with one attached hydrogen (secondary N) is 1. The average molecular weight is 346 g/mol. The largest absolute Gasteiger partial charge is 0.377 e. The van der Waals surface area contributed by atoms with Crippen molar-refractivity contribution < 1.29 is 14.3 Å². The molecule has 2 rings (SSSR count). The Labute approximate surface area is 150 Å². The van der Waals surface area contributed by atoms with Crippen molar-refractivity contribution in [1.29, 1.82) is 0 Å². The third-order valence-electron chi connectivity index (χ3n) is 4.85. The number of nitrogens with zero attached hydrogens (tertiary/aromatic N) is 1. The molecule has 5 nitrogen and oxygen atoms in total. The van der Waals surface area contributed by atoms with E-state index in [1.165, 1.54) is 5.56 Å². The molecule has 1 saturated heterocycles. The van der Waals surface area contributed by atoms with E-state index in [4.69, 9.17) is 4.74 Å². The van der Waals surface area contributed by atoms with Crippen molar-refractivity contribution in [3.63, 3.8) is 0 Å². The quantitative estimate of drug-likeness (QED) is 0.786. The number of piperidine rings is 1. The first-order valence-corrected chi connectivity index (χ1v) is 9.06. The number of carbonyl (C=O) groups is 2. The fourth-order valence-electron chi connectivity index (χ4n) is 2.98. The van der Waals surface area contributed by atoms with Gasteiger partial charge in [0, 0.05) is 33.2 Å². The van der Waals surface area contributed by atoms with E-state index in [9.17, 15) is 9.59 Å². The van der Waals surface area contributed by atoms with Crippen molar-refractivity contribution in [3.8, 4) is 0 Å². The van der Waals surface area contributed by atoms with Gasteiger partial charge in [-0.25, -0.2) is 0 Å². The van der Waals surface area contributed by atoms with Crippen LogP contribution >= 0.6 is 0 Å². The van der Waals surface area contributed by atoms with Crippen LogP contribution in [0.25, 0.3) is 0 Å². The van der Waals surface area contributed by atoms with E-state index in [0.717, 1.165) is 12.8 Å². The molecule has 1 fully saturated rings. The molecule has 1 atom stereocenters. The molecule has 1 aromatic rings. The normalized spacial score (nSPS) is 18.3. The fraction of sp³-hybridized carbons (Fsp3) is 0.600. The molecule has 0 unspecified atom stereocenters. The molecule has 0 aromatic heterocycles. The smallest absolute Gasteiger partial charge is 0.225 e. The molecule has 5 heteroatoms. The second kappa shape index (κ2) is 8.99. The number of methoxy groups -OCH3 is 1. The van der Waals surface area contributed by atoms with Crippen molar-refractivity contribution in [1.82, 2.24) is 10.2 Å². The van der Waals surface area contributed by atoms with Crippen LogP contribution in [-0.4, -0.2) is 49.1 Å². The molecule has 1 aliphatic heterocycles. The van der Waals surface area contributed by atoms with Gasteiger partial charge >= 0.3 is 0 Å².